The highest BCUT2D eigenvalue weighted by Crippen LogP contribution is 2.23. The maximum Gasteiger partial charge on any atom is 0.315 e. The monoisotopic (exact) mass is 402 g/mol. The van der Waals surface area contributed by atoms with Crippen LogP contribution in [0.15, 0.2) is 34.1 Å². The van der Waals surface area contributed by atoms with E-state index in [1.54, 1.807) is 36.6 Å². The van der Waals surface area contributed by atoms with Gasteiger partial charge in [-0.25, -0.2) is 4.79 Å². The lowest BCUT2D eigenvalue weighted by atomic mass is 10.2. The van der Waals surface area contributed by atoms with Crippen molar-refractivity contribution in [1.82, 2.24) is 10.6 Å². The van der Waals surface area contributed by atoms with E-state index in [0.717, 1.165) is 15.8 Å². The average molecular weight is 404 g/mol. The molecule has 0 aliphatic rings. The van der Waals surface area contributed by atoms with Gasteiger partial charge < -0.3 is 15.4 Å². The van der Waals surface area contributed by atoms with Crippen molar-refractivity contribution < 1.29 is 9.53 Å². The van der Waals surface area contributed by atoms with Crippen molar-refractivity contribution in [2.75, 3.05) is 13.7 Å². The molecule has 0 aliphatic carbocycles. The van der Waals surface area contributed by atoms with E-state index in [0.29, 0.717) is 23.9 Å². The van der Waals surface area contributed by atoms with Gasteiger partial charge >= 0.3 is 6.03 Å². The fourth-order valence-corrected chi connectivity index (χ4v) is 3.59. The molecule has 118 valence electrons. The summed E-state index contributed by atoms with van der Waals surface area (Å²) in [6.07, 6.45) is 0.810. The number of methoxy groups -OCH3 is 1. The Bertz CT molecular complexity index is 648. The number of nitrogens with one attached hydrogen (secondary N) is 2. The minimum Gasteiger partial charge on any atom is -0.496 e. The molecule has 4 nitrogen and oxygen atoms in total. The molecule has 2 N–H and O–H groups in total. The second-order valence-corrected chi connectivity index (χ2v) is 7.51. The molecule has 7 heteroatoms. The smallest absolute Gasteiger partial charge is 0.315 e. The van der Waals surface area contributed by atoms with Gasteiger partial charge in [-0.05, 0) is 52.7 Å². The summed E-state index contributed by atoms with van der Waals surface area (Å²) in [5.41, 5.74) is 0.840. The minimum absolute atomic E-state index is 0.211. The number of benzene rings is 1. The topological polar surface area (TPSA) is 50.4 Å². The second-order valence-electron chi connectivity index (χ2n) is 4.52. The van der Waals surface area contributed by atoms with Crippen LogP contribution in [0.1, 0.15) is 10.4 Å². The van der Waals surface area contributed by atoms with Crippen LogP contribution in [0.3, 0.4) is 0 Å². The van der Waals surface area contributed by atoms with Gasteiger partial charge in [0.05, 0.1) is 10.9 Å². The number of rotatable bonds is 6. The number of halogens is 2. The SMILES string of the molecule is COc1ccc(Cl)cc1CNC(=O)NCCc1ccc(Br)s1. The molecule has 0 atom stereocenters. The zero-order valence-electron chi connectivity index (χ0n) is 12.0. The largest absolute Gasteiger partial charge is 0.496 e. The molecule has 1 heterocycles. The van der Waals surface area contributed by atoms with E-state index >= 15 is 0 Å². The Hall–Kier alpha value is -1.24. The summed E-state index contributed by atoms with van der Waals surface area (Å²) >= 11 is 11.0. The number of ether oxygens (including phenoxy) is 1. The first-order valence-corrected chi connectivity index (χ1v) is 8.65. The first kappa shape index (κ1) is 17.1. The number of hydrogen-bond donors (Lipinski definition) is 2. The van der Waals surface area contributed by atoms with Gasteiger partial charge in [-0.15, -0.1) is 11.3 Å². The third-order valence-electron chi connectivity index (χ3n) is 2.97. The molecule has 0 spiro atoms. The Kier molecular flexibility index (Phi) is 6.54. The maximum atomic E-state index is 11.8. The quantitative estimate of drug-likeness (QED) is 0.759. The first-order chi connectivity index (χ1) is 10.6. The summed E-state index contributed by atoms with van der Waals surface area (Å²) in [4.78, 5) is 13.0. The average Bonchev–Trinajstić information content (AvgIpc) is 2.91. The summed E-state index contributed by atoms with van der Waals surface area (Å²) in [5.74, 6) is 0.702. The Labute approximate surface area is 146 Å². The normalized spacial score (nSPS) is 10.3. The van der Waals surface area contributed by atoms with Crippen molar-refractivity contribution in [3.05, 3.63) is 49.6 Å². The van der Waals surface area contributed by atoms with Crippen molar-refractivity contribution in [2.24, 2.45) is 0 Å². The fraction of sp³-hybridized carbons (Fsp3) is 0.267. The van der Waals surface area contributed by atoms with E-state index in [9.17, 15) is 4.79 Å². The Balaban J connectivity index is 1.77. The van der Waals surface area contributed by atoms with E-state index in [1.165, 1.54) is 4.88 Å². The van der Waals surface area contributed by atoms with Crippen LogP contribution in [-0.2, 0) is 13.0 Å². The summed E-state index contributed by atoms with van der Waals surface area (Å²) in [6.45, 7) is 0.950. The molecule has 0 saturated carbocycles. The Morgan fingerprint density at radius 2 is 2.14 bits per heavy atom. The van der Waals surface area contributed by atoms with E-state index in [2.05, 4.69) is 26.6 Å². The zero-order valence-corrected chi connectivity index (χ0v) is 15.1. The summed E-state index contributed by atoms with van der Waals surface area (Å²) < 4.78 is 6.34. The van der Waals surface area contributed by atoms with Crippen molar-refractivity contribution >= 4 is 44.9 Å². The standard InChI is InChI=1S/C15H16BrClN2O2S/c1-21-13-4-2-11(17)8-10(13)9-19-15(20)18-7-6-12-3-5-14(16)22-12/h2-5,8H,6-7,9H2,1H3,(H2,18,19,20). The lowest BCUT2D eigenvalue weighted by molar-refractivity contribution is 0.240. The number of hydrogen-bond acceptors (Lipinski definition) is 3. The van der Waals surface area contributed by atoms with E-state index in [1.807, 2.05) is 12.1 Å². The molecule has 2 rings (SSSR count). The van der Waals surface area contributed by atoms with Crippen LogP contribution >= 0.6 is 38.9 Å². The van der Waals surface area contributed by atoms with Crippen LogP contribution in [0.2, 0.25) is 5.02 Å². The lowest BCUT2D eigenvalue weighted by Crippen LogP contribution is -2.36. The highest BCUT2D eigenvalue weighted by molar-refractivity contribution is 9.11. The van der Waals surface area contributed by atoms with Crippen molar-refractivity contribution in [1.29, 1.82) is 0 Å². The van der Waals surface area contributed by atoms with Crippen molar-refractivity contribution in [3.63, 3.8) is 0 Å². The van der Waals surface area contributed by atoms with Gasteiger partial charge in [0.15, 0.2) is 0 Å². The van der Waals surface area contributed by atoms with Gasteiger partial charge in [0, 0.05) is 28.6 Å². The summed E-state index contributed by atoms with van der Waals surface area (Å²) in [5, 5.41) is 6.24. The second kappa shape index (κ2) is 8.41. The van der Waals surface area contributed by atoms with Crippen molar-refractivity contribution in [3.8, 4) is 5.75 Å². The van der Waals surface area contributed by atoms with Gasteiger partial charge in [-0.1, -0.05) is 11.6 Å². The lowest BCUT2D eigenvalue weighted by Gasteiger charge is -2.11. The fourth-order valence-electron chi connectivity index (χ4n) is 1.91. The molecule has 0 unspecified atom stereocenters. The number of thiophene rings is 1. The van der Waals surface area contributed by atoms with E-state index in [-0.39, 0.29) is 6.03 Å². The zero-order chi connectivity index (χ0) is 15.9. The predicted octanol–water partition coefficient (Wildman–Crippen LogP) is 4.21. The van der Waals surface area contributed by atoms with Gasteiger partial charge in [0.1, 0.15) is 5.75 Å². The van der Waals surface area contributed by atoms with Crippen molar-refractivity contribution in [2.45, 2.75) is 13.0 Å². The van der Waals surface area contributed by atoms with E-state index < -0.39 is 0 Å². The summed E-state index contributed by atoms with van der Waals surface area (Å²) in [6, 6.07) is 9.16. The molecule has 1 aromatic carbocycles. The van der Waals surface area contributed by atoms with Gasteiger partial charge in [0.2, 0.25) is 0 Å². The molecule has 2 amide bonds. The Morgan fingerprint density at radius 1 is 1.32 bits per heavy atom. The summed E-state index contributed by atoms with van der Waals surface area (Å²) in [7, 11) is 1.59. The maximum absolute atomic E-state index is 11.8. The third-order valence-corrected chi connectivity index (χ3v) is 4.89. The van der Waals surface area contributed by atoms with Crippen LogP contribution in [0, 0.1) is 0 Å². The van der Waals surface area contributed by atoms with E-state index in [4.69, 9.17) is 16.3 Å². The third kappa shape index (κ3) is 5.19. The molecule has 0 radical (unpaired) electrons. The molecule has 22 heavy (non-hydrogen) atoms. The van der Waals surface area contributed by atoms with Crippen LogP contribution in [-0.4, -0.2) is 19.7 Å². The number of urea groups is 1. The molecular formula is C15H16BrClN2O2S. The highest BCUT2D eigenvalue weighted by Gasteiger charge is 2.06. The number of amides is 2. The molecule has 1 aromatic heterocycles. The van der Waals surface area contributed by atoms with Gasteiger partial charge in [0.25, 0.3) is 0 Å². The molecule has 0 aliphatic heterocycles. The molecule has 0 bridgehead atoms. The Morgan fingerprint density at radius 3 is 2.82 bits per heavy atom. The molecule has 0 fully saturated rings. The molecular weight excluding hydrogens is 388 g/mol. The van der Waals surface area contributed by atoms with Crippen LogP contribution < -0.4 is 15.4 Å². The van der Waals surface area contributed by atoms with Crippen LogP contribution in [0.5, 0.6) is 5.75 Å². The van der Waals surface area contributed by atoms with Crippen LogP contribution in [0.4, 0.5) is 4.79 Å². The highest BCUT2D eigenvalue weighted by atomic mass is 79.9. The molecule has 0 saturated heterocycles. The van der Waals surface area contributed by atoms with Gasteiger partial charge in [-0.3, -0.25) is 0 Å². The number of carbonyl (C=O) groups is 1. The predicted molar refractivity (Wildman–Crippen MR) is 94.0 cm³/mol. The first-order valence-electron chi connectivity index (χ1n) is 6.67. The molecule has 2 aromatic rings. The number of carbonyl (C=O) groups excluding carboxylic acids is 1. The van der Waals surface area contributed by atoms with Crippen LogP contribution in [0.25, 0.3) is 0 Å². The van der Waals surface area contributed by atoms with Gasteiger partial charge in [-0.2, -0.15) is 0 Å². The minimum atomic E-state index is -0.211.